The molecule has 0 aliphatic heterocycles. The van der Waals surface area contributed by atoms with Gasteiger partial charge in [-0.05, 0) is 40.5 Å². The van der Waals surface area contributed by atoms with E-state index < -0.39 is 0 Å². The molecule has 4 nitrogen and oxygen atoms in total. The van der Waals surface area contributed by atoms with Crippen molar-refractivity contribution in [1.82, 2.24) is 15.0 Å². The Labute approximate surface area is 100 Å². The maximum atomic E-state index is 13.0. The molecule has 1 aromatic carbocycles. The van der Waals surface area contributed by atoms with Gasteiger partial charge in [-0.3, -0.25) is 0 Å². The van der Waals surface area contributed by atoms with Crippen molar-refractivity contribution in [2.24, 2.45) is 0 Å². The van der Waals surface area contributed by atoms with Gasteiger partial charge in [0.1, 0.15) is 5.82 Å². The van der Waals surface area contributed by atoms with E-state index in [4.69, 9.17) is 5.73 Å². The second kappa shape index (κ2) is 4.21. The maximum absolute atomic E-state index is 13.0. The number of aromatic nitrogens is 3. The summed E-state index contributed by atoms with van der Waals surface area (Å²) < 4.78 is 15.1. The number of hydrogen-bond acceptors (Lipinski definition) is 3. The second-order valence-electron chi connectivity index (χ2n) is 3.47. The van der Waals surface area contributed by atoms with Crippen molar-refractivity contribution < 1.29 is 4.39 Å². The van der Waals surface area contributed by atoms with Gasteiger partial charge in [-0.15, -0.1) is 5.10 Å². The molecule has 1 aromatic heterocycles. The van der Waals surface area contributed by atoms with E-state index in [2.05, 4.69) is 26.2 Å². The highest BCUT2D eigenvalue weighted by molar-refractivity contribution is 9.10. The van der Waals surface area contributed by atoms with Crippen LogP contribution in [0.15, 0.2) is 22.7 Å². The lowest BCUT2D eigenvalue weighted by Crippen LogP contribution is -2.04. The quantitative estimate of drug-likeness (QED) is 0.919. The number of nitrogens with zero attached hydrogens (tertiary/aromatic N) is 3. The Morgan fingerprint density at radius 2 is 2.25 bits per heavy atom. The van der Waals surface area contributed by atoms with Gasteiger partial charge in [0, 0.05) is 0 Å². The fraction of sp³-hybridized carbons (Fsp3) is 0.200. The zero-order chi connectivity index (χ0) is 11.7. The van der Waals surface area contributed by atoms with E-state index >= 15 is 0 Å². The molecule has 84 valence electrons. The molecular formula is C10H10BrFN4. The van der Waals surface area contributed by atoms with Gasteiger partial charge >= 0.3 is 0 Å². The largest absolute Gasteiger partial charge is 0.381 e. The highest BCUT2D eigenvalue weighted by Gasteiger charge is 2.06. The standard InChI is InChI=1S/C10H10BrFN4/c1-6-10(13)14-15-16(6)5-7-2-3-9(12)8(11)4-7/h2-4H,5,13H2,1H3. The van der Waals surface area contributed by atoms with Crippen LogP contribution in [0.2, 0.25) is 0 Å². The zero-order valence-corrected chi connectivity index (χ0v) is 10.2. The van der Waals surface area contributed by atoms with Crippen LogP contribution in [-0.2, 0) is 6.54 Å². The van der Waals surface area contributed by atoms with Crippen LogP contribution in [0.3, 0.4) is 0 Å². The summed E-state index contributed by atoms with van der Waals surface area (Å²) in [5.74, 6) is 0.139. The predicted molar refractivity (Wildman–Crippen MR) is 62.4 cm³/mol. The Morgan fingerprint density at radius 3 is 2.81 bits per heavy atom. The normalized spacial score (nSPS) is 10.7. The van der Waals surface area contributed by atoms with Crippen LogP contribution in [-0.4, -0.2) is 15.0 Å². The van der Waals surface area contributed by atoms with E-state index in [9.17, 15) is 4.39 Å². The lowest BCUT2D eigenvalue weighted by Gasteiger charge is -2.04. The van der Waals surface area contributed by atoms with Gasteiger partial charge in [0.05, 0.1) is 16.7 Å². The van der Waals surface area contributed by atoms with Crippen molar-refractivity contribution in [3.8, 4) is 0 Å². The van der Waals surface area contributed by atoms with E-state index in [0.717, 1.165) is 11.3 Å². The fourth-order valence-corrected chi connectivity index (χ4v) is 1.76. The molecule has 0 unspecified atom stereocenters. The summed E-state index contributed by atoms with van der Waals surface area (Å²) in [6, 6.07) is 4.83. The third-order valence-electron chi connectivity index (χ3n) is 2.33. The van der Waals surface area contributed by atoms with Crippen LogP contribution in [0.1, 0.15) is 11.3 Å². The number of hydrogen-bond donors (Lipinski definition) is 1. The first-order valence-corrected chi connectivity index (χ1v) is 5.46. The maximum Gasteiger partial charge on any atom is 0.168 e. The summed E-state index contributed by atoms with van der Waals surface area (Å²) in [6.45, 7) is 2.36. The number of halogens is 2. The molecule has 2 aromatic rings. The number of nitrogen functional groups attached to an aromatic ring is 1. The van der Waals surface area contributed by atoms with Crippen molar-refractivity contribution in [3.63, 3.8) is 0 Å². The predicted octanol–water partition coefficient (Wildman–Crippen LogP) is 2.12. The molecule has 0 aliphatic rings. The number of benzene rings is 1. The summed E-state index contributed by atoms with van der Waals surface area (Å²) in [5, 5.41) is 7.65. The van der Waals surface area contributed by atoms with Crippen LogP contribution >= 0.6 is 15.9 Å². The highest BCUT2D eigenvalue weighted by atomic mass is 79.9. The third-order valence-corrected chi connectivity index (χ3v) is 2.94. The molecule has 0 saturated heterocycles. The minimum atomic E-state index is -0.279. The SMILES string of the molecule is Cc1c(N)nnn1Cc1ccc(F)c(Br)c1. The fourth-order valence-electron chi connectivity index (χ4n) is 1.33. The summed E-state index contributed by atoms with van der Waals surface area (Å²) in [7, 11) is 0. The van der Waals surface area contributed by atoms with E-state index in [1.54, 1.807) is 16.8 Å². The Bertz CT molecular complexity index is 524. The summed E-state index contributed by atoms with van der Waals surface area (Å²) >= 11 is 3.14. The van der Waals surface area contributed by atoms with E-state index in [-0.39, 0.29) is 5.82 Å². The van der Waals surface area contributed by atoms with Crippen LogP contribution in [0.5, 0.6) is 0 Å². The van der Waals surface area contributed by atoms with Crippen molar-refractivity contribution >= 4 is 21.7 Å². The van der Waals surface area contributed by atoms with Gasteiger partial charge in [0.2, 0.25) is 0 Å². The molecule has 0 bridgehead atoms. The molecule has 0 amide bonds. The lowest BCUT2D eigenvalue weighted by atomic mass is 10.2. The molecular weight excluding hydrogens is 275 g/mol. The van der Waals surface area contributed by atoms with Gasteiger partial charge in [-0.25, -0.2) is 9.07 Å². The zero-order valence-electron chi connectivity index (χ0n) is 8.61. The van der Waals surface area contributed by atoms with Gasteiger partial charge < -0.3 is 5.73 Å². The molecule has 0 atom stereocenters. The average Bonchev–Trinajstić information content (AvgIpc) is 2.55. The molecule has 0 spiro atoms. The smallest absolute Gasteiger partial charge is 0.168 e. The number of nitrogens with two attached hydrogens (primary N) is 1. The molecule has 6 heteroatoms. The first-order valence-electron chi connectivity index (χ1n) is 4.67. The van der Waals surface area contributed by atoms with Crippen LogP contribution in [0.25, 0.3) is 0 Å². The summed E-state index contributed by atoms with van der Waals surface area (Å²) in [5.41, 5.74) is 7.32. The molecule has 0 fully saturated rings. The average molecular weight is 285 g/mol. The summed E-state index contributed by atoms with van der Waals surface area (Å²) in [4.78, 5) is 0. The molecule has 0 radical (unpaired) electrons. The molecule has 16 heavy (non-hydrogen) atoms. The van der Waals surface area contributed by atoms with Gasteiger partial charge in [-0.2, -0.15) is 0 Å². The van der Waals surface area contributed by atoms with E-state index in [1.165, 1.54) is 6.07 Å². The van der Waals surface area contributed by atoms with Crippen molar-refractivity contribution in [2.75, 3.05) is 5.73 Å². The number of anilines is 1. The van der Waals surface area contributed by atoms with Crippen molar-refractivity contribution in [1.29, 1.82) is 0 Å². The molecule has 0 saturated carbocycles. The first kappa shape index (κ1) is 11.1. The monoisotopic (exact) mass is 284 g/mol. The Kier molecular flexibility index (Phi) is 2.91. The first-order chi connectivity index (χ1) is 7.58. The van der Waals surface area contributed by atoms with Crippen molar-refractivity contribution in [3.05, 3.63) is 39.7 Å². The second-order valence-corrected chi connectivity index (χ2v) is 4.32. The van der Waals surface area contributed by atoms with Crippen LogP contribution < -0.4 is 5.73 Å². The van der Waals surface area contributed by atoms with Crippen molar-refractivity contribution in [2.45, 2.75) is 13.5 Å². The third kappa shape index (κ3) is 2.06. The topological polar surface area (TPSA) is 56.7 Å². The van der Waals surface area contributed by atoms with Gasteiger partial charge in [0.15, 0.2) is 5.82 Å². The Morgan fingerprint density at radius 1 is 1.50 bits per heavy atom. The van der Waals surface area contributed by atoms with E-state index in [1.807, 2.05) is 6.92 Å². The Balaban J connectivity index is 2.27. The van der Waals surface area contributed by atoms with Crippen LogP contribution in [0.4, 0.5) is 10.2 Å². The lowest BCUT2D eigenvalue weighted by molar-refractivity contribution is 0.612. The minimum absolute atomic E-state index is 0.279. The van der Waals surface area contributed by atoms with E-state index in [0.29, 0.717) is 16.8 Å². The van der Waals surface area contributed by atoms with Crippen LogP contribution in [0, 0.1) is 12.7 Å². The summed E-state index contributed by atoms with van der Waals surface area (Å²) in [6.07, 6.45) is 0. The van der Waals surface area contributed by atoms with Gasteiger partial charge in [-0.1, -0.05) is 11.3 Å². The highest BCUT2D eigenvalue weighted by Crippen LogP contribution is 2.18. The molecule has 1 heterocycles. The van der Waals surface area contributed by atoms with Gasteiger partial charge in [0.25, 0.3) is 0 Å². The number of rotatable bonds is 2. The molecule has 0 aliphatic carbocycles. The minimum Gasteiger partial charge on any atom is -0.381 e. The molecule has 2 N–H and O–H groups in total. The Hall–Kier alpha value is -1.43. The molecule has 2 rings (SSSR count).